The predicted octanol–water partition coefficient (Wildman–Crippen LogP) is 1.03. The lowest BCUT2D eigenvalue weighted by molar-refractivity contribution is 0.0600. The predicted molar refractivity (Wildman–Crippen MR) is 90.7 cm³/mol. The van der Waals surface area contributed by atoms with Crippen LogP contribution in [0.2, 0.25) is 0 Å². The summed E-state index contributed by atoms with van der Waals surface area (Å²) in [6.45, 7) is 5.19. The molecule has 0 aliphatic carbocycles. The van der Waals surface area contributed by atoms with E-state index in [1.165, 1.54) is 13.4 Å². The van der Waals surface area contributed by atoms with Crippen LogP contribution in [0.25, 0.3) is 0 Å². The van der Waals surface area contributed by atoms with Gasteiger partial charge in [-0.2, -0.15) is 0 Å². The fourth-order valence-electron chi connectivity index (χ4n) is 2.77. The number of carbonyl (C=O) groups is 1. The van der Waals surface area contributed by atoms with Crippen LogP contribution in [-0.2, 0) is 14.6 Å². The highest BCUT2D eigenvalue weighted by atomic mass is 32.2. The van der Waals surface area contributed by atoms with Crippen molar-refractivity contribution >= 4 is 21.5 Å². The van der Waals surface area contributed by atoms with Crippen molar-refractivity contribution in [2.24, 2.45) is 0 Å². The molecule has 1 aliphatic rings. The minimum Gasteiger partial charge on any atom is -0.465 e. The summed E-state index contributed by atoms with van der Waals surface area (Å²) in [5.74, 6) is -0.138. The van der Waals surface area contributed by atoms with Gasteiger partial charge in [-0.25, -0.2) is 13.2 Å². The van der Waals surface area contributed by atoms with Crippen LogP contribution in [0.1, 0.15) is 17.3 Å². The van der Waals surface area contributed by atoms with Gasteiger partial charge in [-0.1, -0.05) is 0 Å². The Kier molecular flexibility index (Phi) is 5.64. The molecule has 0 unspecified atom stereocenters. The Morgan fingerprint density at radius 2 is 1.91 bits per heavy atom. The molecule has 1 aromatic carbocycles. The first-order chi connectivity index (χ1) is 10.8. The van der Waals surface area contributed by atoms with Crippen LogP contribution in [0.4, 0.5) is 5.69 Å². The Balaban J connectivity index is 1.95. The monoisotopic (exact) mass is 340 g/mol. The van der Waals surface area contributed by atoms with Gasteiger partial charge in [0.25, 0.3) is 0 Å². The third kappa shape index (κ3) is 4.94. The van der Waals surface area contributed by atoms with Crippen molar-refractivity contribution in [3.05, 3.63) is 29.8 Å². The lowest BCUT2D eigenvalue weighted by Gasteiger charge is -2.41. The van der Waals surface area contributed by atoms with Crippen molar-refractivity contribution in [2.75, 3.05) is 50.2 Å². The van der Waals surface area contributed by atoms with Crippen molar-refractivity contribution in [2.45, 2.75) is 13.0 Å². The summed E-state index contributed by atoms with van der Waals surface area (Å²) in [6.07, 6.45) is 1.27. The molecule has 0 amide bonds. The molecule has 2 rings (SSSR count). The molecule has 0 aromatic heterocycles. The topological polar surface area (TPSA) is 66.9 Å². The van der Waals surface area contributed by atoms with Crippen molar-refractivity contribution in [3.8, 4) is 0 Å². The highest BCUT2D eigenvalue weighted by Gasteiger charge is 2.24. The minimum atomic E-state index is -2.93. The fraction of sp³-hybridized carbons (Fsp3) is 0.562. The molecule has 1 atom stereocenters. The largest absolute Gasteiger partial charge is 0.465 e. The van der Waals surface area contributed by atoms with E-state index in [9.17, 15) is 13.2 Å². The average molecular weight is 340 g/mol. The molecule has 23 heavy (non-hydrogen) atoms. The van der Waals surface area contributed by atoms with Crippen LogP contribution in [0.5, 0.6) is 0 Å². The minimum absolute atomic E-state index is 0.200. The van der Waals surface area contributed by atoms with Gasteiger partial charge < -0.3 is 9.64 Å². The highest BCUT2D eigenvalue weighted by molar-refractivity contribution is 7.90. The summed E-state index contributed by atoms with van der Waals surface area (Å²) in [6, 6.07) is 7.66. The van der Waals surface area contributed by atoms with Gasteiger partial charge in [-0.3, -0.25) is 4.90 Å². The summed E-state index contributed by atoms with van der Waals surface area (Å²) in [7, 11) is -1.56. The van der Waals surface area contributed by atoms with Crippen molar-refractivity contribution in [1.29, 1.82) is 0 Å². The standard InChI is InChI=1S/C16H24N2O4S/c1-13-12-18(9-8-17(13)10-11-23(3,20)21)15-6-4-14(5-7-15)16(19)22-2/h4-7,13H,8-12H2,1-3H3/t13-/m0/s1. The second kappa shape index (κ2) is 7.31. The van der Waals surface area contributed by atoms with E-state index in [4.69, 9.17) is 4.74 Å². The fourth-order valence-corrected chi connectivity index (χ4v) is 3.34. The quantitative estimate of drug-likeness (QED) is 0.746. The van der Waals surface area contributed by atoms with Crippen LogP contribution in [0.15, 0.2) is 24.3 Å². The number of carbonyl (C=O) groups excluding carboxylic acids is 1. The van der Waals surface area contributed by atoms with E-state index in [2.05, 4.69) is 16.7 Å². The van der Waals surface area contributed by atoms with Gasteiger partial charge in [0.05, 0.1) is 18.4 Å². The van der Waals surface area contributed by atoms with E-state index in [0.29, 0.717) is 12.1 Å². The Labute approximate surface area is 137 Å². The number of nitrogens with zero attached hydrogens (tertiary/aromatic N) is 2. The zero-order valence-electron chi connectivity index (χ0n) is 13.9. The van der Waals surface area contributed by atoms with Gasteiger partial charge in [0.2, 0.25) is 0 Å². The molecule has 1 saturated heterocycles. The molecular weight excluding hydrogens is 316 g/mol. The number of methoxy groups -OCH3 is 1. The molecule has 7 heteroatoms. The number of hydrogen-bond donors (Lipinski definition) is 0. The van der Waals surface area contributed by atoms with E-state index in [0.717, 1.165) is 25.3 Å². The Hall–Kier alpha value is -1.60. The number of piperazine rings is 1. The number of rotatable bonds is 5. The number of sulfone groups is 1. The molecule has 1 fully saturated rings. The normalized spacial score (nSPS) is 19.6. The zero-order valence-corrected chi connectivity index (χ0v) is 14.7. The van der Waals surface area contributed by atoms with E-state index < -0.39 is 9.84 Å². The summed E-state index contributed by atoms with van der Waals surface area (Å²) < 4.78 is 27.3. The number of benzene rings is 1. The van der Waals surface area contributed by atoms with Crippen LogP contribution < -0.4 is 4.90 Å². The van der Waals surface area contributed by atoms with Gasteiger partial charge in [0.1, 0.15) is 9.84 Å². The zero-order chi connectivity index (χ0) is 17.0. The molecule has 1 aromatic rings. The van der Waals surface area contributed by atoms with Gasteiger partial charge in [-0.15, -0.1) is 0 Å². The number of ether oxygens (including phenoxy) is 1. The summed E-state index contributed by atoms with van der Waals surface area (Å²) in [5, 5.41) is 0. The van der Waals surface area contributed by atoms with E-state index in [1.54, 1.807) is 12.1 Å². The van der Waals surface area contributed by atoms with E-state index in [1.807, 2.05) is 12.1 Å². The second-order valence-corrected chi connectivity index (χ2v) is 8.26. The maximum absolute atomic E-state index is 11.5. The van der Waals surface area contributed by atoms with Crippen molar-refractivity contribution < 1.29 is 17.9 Å². The third-order valence-electron chi connectivity index (χ3n) is 4.17. The first-order valence-electron chi connectivity index (χ1n) is 7.65. The summed E-state index contributed by atoms with van der Waals surface area (Å²) >= 11 is 0. The molecular formula is C16H24N2O4S. The van der Waals surface area contributed by atoms with Crippen molar-refractivity contribution in [1.82, 2.24) is 4.90 Å². The number of hydrogen-bond acceptors (Lipinski definition) is 6. The van der Waals surface area contributed by atoms with Gasteiger partial charge in [0.15, 0.2) is 0 Å². The summed E-state index contributed by atoms with van der Waals surface area (Å²) in [4.78, 5) is 15.9. The maximum atomic E-state index is 11.5. The molecule has 1 aliphatic heterocycles. The van der Waals surface area contributed by atoms with E-state index >= 15 is 0 Å². The van der Waals surface area contributed by atoms with Crippen LogP contribution in [0, 0.1) is 0 Å². The third-order valence-corrected chi connectivity index (χ3v) is 5.09. The molecule has 0 N–H and O–H groups in total. The molecule has 0 radical (unpaired) electrons. The van der Waals surface area contributed by atoms with Gasteiger partial charge >= 0.3 is 5.97 Å². The molecule has 0 bridgehead atoms. The Bertz CT molecular complexity index is 643. The highest BCUT2D eigenvalue weighted by Crippen LogP contribution is 2.20. The smallest absolute Gasteiger partial charge is 0.337 e. The van der Waals surface area contributed by atoms with E-state index in [-0.39, 0.29) is 17.8 Å². The molecule has 0 saturated carbocycles. The SMILES string of the molecule is COC(=O)c1ccc(N2CCN(CCS(C)(=O)=O)[C@@H](C)C2)cc1. The molecule has 0 spiro atoms. The van der Waals surface area contributed by atoms with Crippen molar-refractivity contribution in [3.63, 3.8) is 0 Å². The van der Waals surface area contributed by atoms with Crippen LogP contribution in [0.3, 0.4) is 0 Å². The molecule has 128 valence electrons. The Morgan fingerprint density at radius 1 is 1.26 bits per heavy atom. The molecule has 6 nitrogen and oxygen atoms in total. The average Bonchev–Trinajstić information content (AvgIpc) is 2.52. The Morgan fingerprint density at radius 3 is 2.43 bits per heavy atom. The lowest BCUT2D eigenvalue weighted by atomic mass is 10.1. The van der Waals surface area contributed by atoms with Gasteiger partial charge in [0, 0.05) is 44.2 Å². The lowest BCUT2D eigenvalue weighted by Crippen LogP contribution is -2.53. The van der Waals surface area contributed by atoms with Gasteiger partial charge in [-0.05, 0) is 31.2 Å². The maximum Gasteiger partial charge on any atom is 0.337 e. The summed E-state index contributed by atoms with van der Waals surface area (Å²) in [5.41, 5.74) is 1.60. The first-order valence-corrected chi connectivity index (χ1v) is 9.71. The number of esters is 1. The first kappa shape index (κ1) is 17.7. The second-order valence-electron chi connectivity index (χ2n) is 6.00. The van der Waals surface area contributed by atoms with Crippen LogP contribution >= 0.6 is 0 Å². The molecule has 1 heterocycles. The van der Waals surface area contributed by atoms with Crippen LogP contribution in [-0.4, -0.2) is 70.6 Å². The number of anilines is 1.